The molecule has 0 N–H and O–H groups in total. The molecule has 164 valence electrons. The van der Waals surface area contributed by atoms with Crippen molar-refractivity contribution in [1.29, 1.82) is 0 Å². The van der Waals surface area contributed by atoms with E-state index < -0.39 is 5.97 Å². The van der Waals surface area contributed by atoms with E-state index in [1.165, 1.54) is 21.3 Å². The summed E-state index contributed by atoms with van der Waals surface area (Å²) in [5, 5.41) is 0. The number of fused-ring (bicyclic) bond motifs is 1. The number of hydrogen-bond donors (Lipinski definition) is 0. The van der Waals surface area contributed by atoms with Crippen LogP contribution in [0, 0.1) is 6.92 Å². The van der Waals surface area contributed by atoms with Crippen molar-refractivity contribution in [3.63, 3.8) is 0 Å². The van der Waals surface area contributed by atoms with Gasteiger partial charge in [-0.2, -0.15) is 0 Å². The Bertz CT molecular complexity index is 1040. The summed E-state index contributed by atoms with van der Waals surface area (Å²) < 4.78 is 32.2. The van der Waals surface area contributed by atoms with Crippen molar-refractivity contribution in [3.05, 3.63) is 46.7 Å². The summed E-state index contributed by atoms with van der Waals surface area (Å²) in [5.74, 6) is 1.64. The summed E-state index contributed by atoms with van der Waals surface area (Å²) in [7, 11) is 4.57. The second-order valence-electron chi connectivity index (χ2n) is 6.60. The average Bonchev–Trinajstić information content (AvgIpc) is 3.07. The zero-order valence-electron chi connectivity index (χ0n) is 18.1. The first-order valence-corrected chi connectivity index (χ1v) is 9.59. The minimum Gasteiger partial charge on any atom is -0.496 e. The Morgan fingerprint density at radius 3 is 2.32 bits per heavy atom. The van der Waals surface area contributed by atoms with Crippen LogP contribution in [-0.2, 0) is 9.53 Å². The highest BCUT2D eigenvalue weighted by Gasteiger charge is 2.30. The quantitative estimate of drug-likeness (QED) is 0.466. The number of ether oxygens (including phenoxy) is 6. The number of allylic oxidation sites excluding steroid dienone is 1. The number of rotatable bonds is 8. The predicted octanol–water partition coefficient (Wildman–Crippen LogP) is 3.58. The zero-order chi connectivity index (χ0) is 22.5. The highest BCUT2D eigenvalue weighted by Crippen LogP contribution is 2.40. The van der Waals surface area contributed by atoms with Crippen molar-refractivity contribution < 1.29 is 38.0 Å². The molecule has 0 amide bonds. The van der Waals surface area contributed by atoms with Gasteiger partial charge in [-0.3, -0.25) is 4.79 Å². The molecule has 1 aliphatic heterocycles. The molecule has 2 aromatic carbocycles. The molecule has 0 fully saturated rings. The first-order valence-electron chi connectivity index (χ1n) is 9.59. The number of hydrogen-bond acceptors (Lipinski definition) is 8. The predicted molar refractivity (Wildman–Crippen MR) is 112 cm³/mol. The molecule has 8 heteroatoms. The van der Waals surface area contributed by atoms with E-state index >= 15 is 0 Å². The molecule has 0 unspecified atom stereocenters. The van der Waals surface area contributed by atoms with Crippen molar-refractivity contribution in [1.82, 2.24) is 0 Å². The van der Waals surface area contributed by atoms with Crippen LogP contribution in [0.2, 0.25) is 0 Å². The van der Waals surface area contributed by atoms with E-state index in [2.05, 4.69) is 0 Å². The number of carbonyl (C=O) groups is 2. The Balaban J connectivity index is 1.91. The van der Waals surface area contributed by atoms with Crippen LogP contribution >= 0.6 is 0 Å². The molecule has 1 aliphatic rings. The highest BCUT2D eigenvalue weighted by atomic mass is 16.6. The second-order valence-corrected chi connectivity index (χ2v) is 6.60. The topological polar surface area (TPSA) is 89.5 Å². The number of Topliss-reactive ketones (excluding diaryl/α,β-unsaturated/α-hetero) is 1. The summed E-state index contributed by atoms with van der Waals surface area (Å²) >= 11 is 0. The minimum absolute atomic E-state index is 0.131. The van der Waals surface area contributed by atoms with Gasteiger partial charge in [0.05, 0.1) is 33.5 Å². The Hall–Kier alpha value is -3.68. The average molecular weight is 428 g/mol. The van der Waals surface area contributed by atoms with Crippen LogP contribution in [0.15, 0.2) is 30.0 Å². The normalized spacial score (nSPS) is 13.5. The first-order chi connectivity index (χ1) is 14.9. The van der Waals surface area contributed by atoms with Gasteiger partial charge in [-0.05, 0) is 37.6 Å². The van der Waals surface area contributed by atoms with E-state index in [0.29, 0.717) is 45.4 Å². The fourth-order valence-corrected chi connectivity index (χ4v) is 3.21. The number of benzene rings is 2. The van der Waals surface area contributed by atoms with Crippen LogP contribution in [0.3, 0.4) is 0 Å². The third-order valence-corrected chi connectivity index (χ3v) is 4.63. The SMILES string of the molecule is CCOC(=O)COc1cc(C)c2c(c1)O/C(=C\c1cc(OC)c(OC)cc1OC)C2=O. The van der Waals surface area contributed by atoms with Crippen molar-refractivity contribution in [2.75, 3.05) is 34.5 Å². The molecule has 8 nitrogen and oxygen atoms in total. The lowest BCUT2D eigenvalue weighted by Gasteiger charge is -2.12. The van der Waals surface area contributed by atoms with E-state index in [1.54, 1.807) is 44.2 Å². The smallest absolute Gasteiger partial charge is 0.344 e. The van der Waals surface area contributed by atoms with Crippen LogP contribution in [0.25, 0.3) is 6.08 Å². The molecule has 0 saturated carbocycles. The molecule has 3 rings (SSSR count). The maximum atomic E-state index is 13.0. The lowest BCUT2D eigenvalue weighted by Crippen LogP contribution is -2.14. The standard InChI is InChI=1S/C23H24O8/c1-6-29-21(24)12-30-15-7-13(2)22-19(10-15)31-20(23(22)25)9-14-8-17(27-4)18(28-5)11-16(14)26-3/h7-11H,6,12H2,1-5H3/b20-9-. The summed E-state index contributed by atoms with van der Waals surface area (Å²) in [4.78, 5) is 24.5. The summed E-state index contributed by atoms with van der Waals surface area (Å²) in [6.07, 6.45) is 1.59. The van der Waals surface area contributed by atoms with Gasteiger partial charge in [-0.15, -0.1) is 0 Å². The van der Waals surface area contributed by atoms with Gasteiger partial charge in [0.2, 0.25) is 5.78 Å². The monoisotopic (exact) mass is 428 g/mol. The van der Waals surface area contributed by atoms with E-state index in [-0.39, 0.29) is 24.8 Å². The number of methoxy groups -OCH3 is 3. The maximum Gasteiger partial charge on any atom is 0.344 e. The molecule has 0 bridgehead atoms. The van der Waals surface area contributed by atoms with E-state index in [0.717, 1.165) is 0 Å². The molecule has 0 radical (unpaired) electrons. The molecule has 31 heavy (non-hydrogen) atoms. The maximum absolute atomic E-state index is 13.0. The van der Waals surface area contributed by atoms with E-state index in [1.807, 2.05) is 0 Å². The molecular formula is C23H24O8. The first kappa shape index (κ1) is 22.0. The highest BCUT2D eigenvalue weighted by molar-refractivity contribution is 6.15. The van der Waals surface area contributed by atoms with Gasteiger partial charge in [-0.25, -0.2) is 4.79 Å². The van der Waals surface area contributed by atoms with Crippen LogP contribution in [0.1, 0.15) is 28.4 Å². The second kappa shape index (κ2) is 9.42. The van der Waals surface area contributed by atoms with Crippen molar-refractivity contribution in [2.24, 2.45) is 0 Å². The fourth-order valence-electron chi connectivity index (χ4n) is 3.21. The summed E-state index contributed by atoms with van der Waals surface area (Å²) in [5.41, 5.74) is 1.70. The van der Waals surface area contributed by atoms with E-state index in [9.17, 15) is 9.59 Å². The molecule has 0 aromatic heterocycles. The van der Waals surface area contributed by atoms with Gasteiger partial charge in [0.15, 0.2) is 23.9 Å². The molecule has 0 aliphatic carbocycles. The molecule has 0 atom stereocenters. The lowest BCUT2D eigenvalue weighted by molar-refractivity contribution is -0.145. The van der Waals surface area contributed by atoms with Crippen LogP contribution in [0.4, 0.5) is 0 Å². The Labute approximate surface area is 180 Å². The van der Waals surface area contributed by atoms with Crippen LogP contribution < -0.4 is 23.7 Å². The van der Waals surface area contributed by atoms with Crippen molar-refractivity contribution >= 4 is 17.8 Å². The number of aryl methyl sites for hydroxylation is 1. The Kier molecular flexibility index (Phi) is 6.69. The van der Waals surface area contributed by atoms with Crippen molar-refractivity contribution in [3.8, 4) is 28.7 Å². The number of esters is 1. The molecular weight excluding hydrogens is 404 g/mol. The zero-order valence-corrected chi connectivity index (χ0v) is 18.1. The van der Waals surface area contributed by atoms with Gasteiger partial charge < -0.3 is 28.4 Å². The number of ketones is 1. The van der Waals surface area contributed by atoms with Gasteiger partial charge >= 0.3 is 5.97 Å². The molecule has 1 heterocycles. The van der Waals surface area contributed by atoms with Crippen LogP contribution in [-0.4, -0.2) is 46.3 Å². The summed E-state index contributed by atoms with van der Waals surface area (Å²) in [6, 6.07) is 6.63. The third kappa shape index (κ3) is 4.58. The van der Waals surface area contributed by atoms with E-state index in [4.69, 9.17) is 28.4 Å². The van der Waals surface area contributed by atoms with Crippen molar-refractivity contribution in [2.45, 2.75) is 13.8 Å². The molecule has 0 spiro atoms. The molecule has 2 aromatic rings. The molecule has 0 saturated heterocycles. The fraction of sp³-hybridized carbons (Fsp3) is 0.304. The largest absolute Gasteiger partial charge is 0.496 e. The van der Waals surface area contributed by atoms with Crippen LogP contribution in [0.5, 0.6) is 28.7 Å². The summed E-state index contributed by atoms with van der Waals surface area (Å²) in [6.45, 7) is 3.54. The van der Waals surface area contributed by atoms with Gasteiger partial charge in [0.25, 0.3) is 0 Å². The minimum atomic E-state index is -0.473. The van der Waals surface area contributed by atoms with Gasteiger partial charge in [0.1, 0.15) is 17.2 Å². The van der Waals surface area contributed by atoms with Gasteiger partial charge in [0, 0.05) is 17.7 Å². The lowest BCUT2D eigenvalue weighted by atomic mass is 10.0. The van der Waals surface area contributed by atoms with Gasteiger partial charge in [-0.1, -0.05) is 0 Å². The Morgan fingerprint density at radius 2 is 1.68 bits per heavy atom. The number of carbonyl (C=O) groups excluding carboxylic acids is 2. The third-order valence-electron chi connectivity index (χ3n) is 4.63. The Morgan fingerprint density at radius 1 is 1.00 bits per heavy atom.